The van der Waals surface area contributed by atoms with Crippen molar-refractivity contribution in [1.29, 1.82) is 0 Å². The van der Waals surface area contributed by atoms with E-state index in [1.54, 1.807) is 12.5 Å². The van der Waals surface area contributed by atoms with E-state index in [9.17, 15) is 4.79 Å². The normalized spacial score (nSPS) is 10.7. The minimum atomic E-state index is 0.00642. The molecule has 5 aromatic rings. The number of nitrogens with one attached hydrogen (secondary N) is 1. The molecule has 0 bridgehead atoms. The second kappa shape index (κ2) is 8.42. The fourth-order valence-electron chi connectivity index (χ4n) is 3.55. The van der Waals surface area contributed by atoms with Crippen LogP contribution in [0.3, 0.4) is 0 Å². The summed E-state index contributed by atoms with van der Waals surface area (Å²) >= 11 is 1.47. The molecule has 0 aliphatic carbocycles. The Balaban J connectivity index is 1.75. The first kappa shape index (κ1) is 19.0. The van der Waals surface area contributed by atoms with Gasteiger partial charge < -0.3 is 9.88 Å². The number of para-hydroxylation sites is 1. The van der Waals surface area contributed by atoms with Gasteiger partial charge in [-0.05, 0) is 17.7 Å². The van der Waals surface area contributed by atoms with E-state index in [1.807, 2.05) is 102 Å². The summed E-state index contributed by atoms with van der Waals surface area (Å²) in [7, 11) is 0. The maximum Gasteiger partial charge on any atom is 0.203 e. The number of benzene rings is 3. The topological polar surface area (TPSA) is 46.9 Å². The lowest BCUT2D eigenvalue weighted by molar-refractivity contribution is 0.104. The largest absolute Gasteiger partial charge is 0.345 e. The molecule has 0 unspecified atom stereocenters. The molecule has 0 aliphatic heterocycles. The summed E-state index contributed by atoms with van der Waals surface area (Å²) in [4.78, 5) is 18.5. The summed E-state index contributed by atoms with van der Waals surface area (Å²) in [5, 5.41) is 4.41. The molecule has 0 spiro atoms. The van der Waals surface area contributed by atoms with Gasteiger partial charge in [0, 0.05) is 29.2 Å². The maximum absolute atomic E-state index is 13.6. The molecule has 5 heteroatoms. The lowest BCUT2D eigenvalue weighted by Gasteiger charge is -2.11. The Kier molecular flexibility index (Phi) is 5.17. The van der Waals surface area contributed by atoms with Gasteiger partial charge in [-0.3, -0.25) is 4.79 Å². The maximum atomic E-state index is 13.6. The van der Waals surface area contributed by atoms with Crippen LogP contribution in [0.2, 0.25) is 0 Å². The number of thiophene rings is 1. The summed E-state index contributed by atoms with van der Waals surface area (Å²) in [5.74, 6) is 0.00642. The SMILES string of the molecule is O=C(c1ccccc1)c1sc(Nc2ccccc2)c(-n2ccnc2)c1-c1ccccc1. The van der Waals surface area contributed by atoms with Crippen molar-refractivity contribution >= 4 is 27.8 Å². The first-order chi connectivity index (χ1) is 15.3. The monoisotopic (exact) mass is 421 g/mol. The fourth-order valence-corrected chi connectivity index (χ4v) is 4.75. The number of rotatable bonds is 6. The summed E-state index contributed by atoms with van der Waals surface area (Å²) < 4.78 is 1.96. The Hall–Kier alpha value is -3.96. The van der Waals surface area contributed by atoms with Gasteiger partial charge in [0.05, 0.1) is 16.9 Å². The standard InChI is InChI=1S/C26H19N3OS/c30-24(20-12-6-2-7-13-20)25-22(19-10-4-1-5-11-19)23(29-17-16-27-18-29)26(31-25)28-21-14-8-3-9-15-21/h1-18,28H. The number of carbonyl (C=O) groups is 1. The van der Waals surface area contributed by atoms with Crippen LogP contribution < -0.4 is 5.32 Å². The molecule has 5 rings (SSSR count). The molecule has 0 amide bonds. The third-order valence-corrected chi connectivity index (χ3v) is 6.08. The van der Waals surface area contributed by atoms with Crippen molar-refractivity contribution in [3.63, 3.8) is 0 Å². The van der Waals surface area contributed by atoms with Crippen LogP contribution in [0.25, 0.3) is 16.8 Å². The van der Waals surface area contributed by atoms with E-state index < -0.39 is 0 Å². The Bertz CT molecular complexity index is 1300. The molecule has 1 N–H and O–H groups in total. The van der Waals surface area contributed by atoms with Crippen LogP contribution in [0.5, 0.6) is 0 Å². The third-order valence-electron chi connectivity index (χ3n) is 4.98. The van der Waals surface area contributed by atoms with Gasteiger partial charge in [0.2, 0.25) is 5.78 Å². The molecule has 31 heavy (non-hydrogen) atoms. The highest BCUT2D eigenvalue weighted by molar-refractivity contribution is 7.19. The van der Waals surface area contributed by atoms with Crippen molar-refractivity contribution in [2.75, 3.05) is 5.32 Å². The van der Waals surface area contributed by atoms with E-state index in [0.29, 0.717) is 10.4 Å². The van der Waals surface area contributed by atoms with E-state index in [1.165, 1.54) is 11.3 Å². The smallest absolute Gasteiger partial charge is 0.203 e. The van der Waals surface area contributed by atoms with E-state index in [0.717, 1.165) is 27.5 Å². The van der Waals surface area contributed by atoms with Crippen LogP contribution in [0.1, 0.15) is 15.2 Å². The highest BCUT2D eigenvalue weighted by Gasteiger charge is 2.26. The zero-order valence-electron chi connectivity index (χ0n) is 16.6. The quantitative estimate of drug-likeness (QED) is 0.315. The predicted octanol–water partition coefficient (Wildman–Crippen LogP) is 6.58. The molecule has 0 saturated heterocycles. The van der Waals surface area contributed by atoms with Crippen LogP contribution in [0.4, 0.5) is 10.7 Å². The second-order valence-electron chi connectivity index (χ2n) is 7.01. The van der Waals surface area contributed by atoms with Crippen LogP contribution in [0, 0.1) is 0 Å². The Morgan fingerprint density at radius 1 is 0.839 bits per heavy atom. The Morgan fingerprint density at radius 3 is 2.13 bits per heavy atom. The fraction of sp³-hybridized carbons (Fsp3) is 0. The zero-order chi connectivity index (χ0) is 21.0. The molecule has 2 heterocycles. The molecule has 3 aromatic carbocycles. The molecule has 4 nitrogen and oxygen atoms in total. The molecular weight excluding hydrogens is 402 g/mol. The van der Waals surface area contributed by atoms with Gasteiger partial charge in [0.15, 0.2) is 0 Å². The molecule has 0 aliphatic rings. The highest BCUT2D eigenvalue weighted by Crippen LogP contribution is 2.44. The lowest BCUT2D eigenvalue weighted by atomic mass is 10.00. The van der Waals surface area contributed by atoms with Crippen molar-refractivity contribution < 1.29 is 4.79 Å². The van der Waals surface area contributed by atoms with Gasteiger partial charge in [0.1, 0.15) is 5.00 Å². The number of ketones is 1. The predicted molar refractivity (Wildman–Crippen MR) is 126 cm³/mol. The van der Waals surface area contributed by atoms with Gasteiger partial charge in [-0.25, -0.2) is 4.98 Å². The average molecular weight is 422 g/mol. The number of hydrogen-bond acceptors (Lipinski definition) is 4. The second-order valence-corrected chi connectivity index (χ2v) is 8.03. The zero-order valence-corrected chi connectivity index (χ0v) is 17.4. The average Bonchev–Trinajstić information content (AvgIpc) is 3.48. The summed E-state index contributed by atoms with van der Waals surface area (Å²) in [5.41, 5.74) is 4.43. The first-order valence-electron chi connectivity index (χ1n) is 9.93. The number of anilines is 2. The molecule has 0 saturated carbocycles. The Labute approximate surface area is 184 Å². The molecule has 2 aromatic heterocycles. The molecule has 0 atom stereocenters. The van der Waals surface area contributed by atoms with E-state index in [2.05, 4.69) is 10.3 Å². The highest BCUT2D eigenvalue weighted by atomic mass is 32.1. The summed E-state index contributed by atoms with van der Waals surface area (Å²) in [6.07, 6.45) is 5.42. The molecule has 0 fully saturated rings. The van der Waals surface area contributed by atoms with Crippen molar-refractivity contribution in [3.8, 4) is 16.8 Å². The van der Waals surface area contributed by atoms with Crippen molar-refractivity contribution in [2.45, 2.75) is 0 Å². The minimum Gasteiger partial charge on any atom is -0.345 e. The van der Waals surface area contributed by atoms with Gasteiger partial charge in [-0.1, -0.05) is 78.9 Å². The Morgan fingerprint density at radius 2 is 1.48 bits per heavy atom. The first-order valence-corrected chi connectivity index (χ1v) is 10.8. The van der Waals surface area contributed by atoms with E-state index in [-0.39, 0.29) is 5.78 Å². The van der Waals surface area contributed by atoms with Crippen molar-refractivity contribution in [2.24, 2.45) is 0 Å². The number of hydrogen-bond donors (Lipinski definition) is 1. The number of aromatic nitrogens is 2. The minimum absolute atomic E-state index is 0.00642. The van der Waals surface area contributed by atoms with Gasteiger partial charge in [-0.2, -0.15) is 0 Å². The summed E-state index contributed by atoms with van der Waals surface area (Å²) in [6.45, 7) is 0. The van der Waals surface area contributed by atoms with Crippen LogP contribution in [-0.4, -0.2) is 15.3 Å². The van der Waals surface area contributed by atoms with Crippen molar-refractivity contribution in [1.82, 2.24) is 9.55 Å². The van der Waals surface area contributed by atoms with Crippen LogP contribution in [0.15, 0.2) is 110 Å². The molecule has 150 valence electrons. The molecule has 0 radical (unpaired) electrons. The van der Waals surface area contributed by atoms with Gasteiger partial charge in [0.25, 0.3) is 0 Å². The number of nitrogens with zero attached hydrogens (tertiary/aromatic N) is 2. The van der Waals surface area contributed by atoms with Crippen molar-refractivity contribution in [3.05, 3.63) is 120 Å². The van der Waals surface area contributed by atoms with Gasteiger partial charge >= 0.3 is 0 Å². The summed E-state index contributed by atoms with van der Waals surface area (Å²) in [6, 6.07) is 29.4. The van der Waals surface area contributed by atoms with Crippen LogP contribution >= 0.6 is 11.3 Å². The van der Waals surface area contributed by atoms with Gasteiger partial charge in [-0.15, -0.1) is 11.3 Å². The van der Waals surface area contributed by atoms with E-state index in [4.69, 9.17) is 0 Å². The lowest BCUT2D eigenvalue weighted by Crippen LogP contribution is -2.02. The molecular formula is C26H19N3OS. The number of carbonyl (C=O) groups excluding carboxylic acids is 1. The third kappa shape index (κ3) is 3.79. The van der Waals surface area contributed by atoms with E-state index >= 15 is 0 Å². The number of imidazole rings is 1. The van der Waals surface area contributed by atoms with Crippen LogP contribution in [-0.2, 0) is 0 Å².